The third kappa shape index (κ3) is 3.95. The fourth-order valence-electron chi connectivity index (χ4n) is 1.78. The number of hydrogen-bond acceptors (Lipinski definition) is 2. The van der Waals surface area contributed by atoms with Gasteiger partial charge in [0.05, 0.1) is 5.54 Å². The summed E-state index contributed by atoms with van der Waals surface area (Å²) in [6.07, 6.45) is 3.28. The molecule has 0 aromatic heterocycles. The van der Waals surface area contributed by atoms with Gasteiger partial charge in [-0.05, 0) is 45.6 Å². The van der Waals surface area contributed by atoms with E-state index in [9.17, 15) is 4.79 Å². The Labute approximate surface area is 105 Å². The molecule has 3 nitrogen and oxygen atoms in total. The molecule has 1 aliphatic heterocycles. The van der Waals surface area contributed by atoms with E-state index in [0.29, 0.717) is 5.92 Å². The molecule has 0 bridgehead atoms. The van der Waals surface area contributed by atoms with Crippen LogP contribution < -0.4 is 10.6 Å². The Morgan fingerprint density at radius 2 is 1.94 bits per heavy atom. The van der Waals surface area contributed by atoms with Crippen LogP contribution in [0, 0.1) is 5.92 Å². The Bertz CT molecular complexity index is 225. The molecule has 2 atom stereocenters. The molecule has 1 heterocycles. The number of halogens is 1. The van der Waals surface area contributed by atoms with Crippen LogP contribution in [0.5, 0.6) is 0 Å². The largest absolute Gasteiger partial charge is 0.352 e. The molecule has 2 unspecified atom stereocenters. The minimum Gasteiger partial charge on any atom is -0.352 e. The fourth-order valence-corrected chi connectivity index (χ4v) is 1.78. The maximum absolute atomic E-state index is 12.1. The first-order chi connectivity index (χ1) is 6.96. The maximum atomic E-state index is 12.1. The van der Waals surface area contributed by atoms with E-state index in [1.165, 1.54) is 6.42 Å². The van der Waals surface area contributed by atoms with E-state index in [2.05, 4.69) is 31.4 Å². The van der Waals surface area contributed by atoms with Gasteiger partial charge < -0.3 is 10.6 Å². The molecule has 0 aromatic carbocycles. The number of nitrogens with one attached hydrogen (secondary N) is 2. The van der Waals surface area contributed by atoms with Crippen LogP contribution in [-0.4, -0.2) is 24.0 Å². The van der Waals surface area contributed by atoms with Gasteiger partial charge in [-0.15, -0.1) is 12.4 Å². The molecule has 2 N–H and O–H groups in total. The second-order valence-corrected chi connectivity index (χ2v) is 5.22. The van der Waals surface area contributed by atoms with Gasteiger partial charge in [-0.2, -0.15) is 0 Å². The van der Waals surface area contributed by atoms with Crippen molar-refractivity contribution >= 4 is 18.3 Å². The summed E-state index contributed by atoms with van der Waals surface area (Å²) in [5, 5.41) is 6.42. The van der Waals surface area contributed by atoms with Crippen LogP contribution in [0.15, 0.2) is 0 Å². The Morgan fingerprint density at radius 1 is 1.31 bits per heavy atom. The van der Waals surface area contributed by atoms with Gasteiger partial charge in [0.1, 0.15) is 0 Å². The van der Waals surface area contributed by atoms with Crippen molar-refractivity contribution in [3.05, 3.63) is 0 Å². The number of amides is 1. The average molecular weight is 249 g/mol. The molecule has 0 saturated carbocycles. The molecule has 16 heavy (non-hydrogen) atoms. The van der Waals surface area contributed by atoms with Crippen molar-refractivity contribution in [3.8, 4) is 0 Å². The first kappa shape index (κ1) is 15.7. The molecule has 1 amide bonds. The van der Waals surface area contributed by atoms with E-state index in [1.807, 2.05) is 6.92 Å². The van der Waals surface area contributed by atoms with Crippen LogP contribution in [0.25, 0.3) is 0 Å². The van der Waals surface area contributed by atoms with E-state index in [-0.39, 0.29) is 29.9 Å². The molecule has 1 aliphatic rings. The predicted octanol–water partition coefficient (Wildman–Crippen LogP) is 2.10. The summed E-state index contributed by atoms with van der Waals surface area (Å²) >= 11 is 0. The highest BCUT2D eigenvalue weighted by Crippen LogP contribution is 2.19. The second kappa shape index (κ2) is 6.45. The topological polar surface area (TPSA) is 41.1 Å². The Kier molecular flexibility index (Phi) is 6.34. The zero-order valence-electron chi connectivity index (χ0n) is 10.8. The van der Waals surface area contributed by atoms with Gasteiger partial charge in [0, 0.05) is 6.04 Å². The van der Waals surface area contributed by atoms with E-state index < -0.39 is 0 Å². The van der Waals surface area contributed by atoms with Crippen LogP contribution >= 0.6 is 12.4 Å². The lowest BCUT2D eigenvalue weighted by Gasteiger charge is -2.35. The number of rotatable bonds is 3. The Morgan fingerprint density at radius 3 is 2.38 bits per heavy atom. The number of carbonyl (C=O) groups is 1. The van der Waals surface area contributed by atoms with Crippen LogP contribution in [-0.2, 0) is 4.79 Å². The Balaban J connectivity index is 0.00000225. The third-order valence-corrected chi connectivity index (χ3v) is 3.48. The van der Waals surface area contributed by atoms with Crippen molar-refractivity contribution in [1.82, 2.24) is 10.6 Å². The van der Waals surface area contributed by atoms with E-state index in [0.717, 1.165) is 19.4 Å². The lowest BCUT2D eigenvalue weighted by Crippen LogP contribution is -2.58. The minimum atomic E-state index is -0.346. The number of piperidine rings is 1. The molecule has 4 heteroatoms. The molecule has 1 saturated heterocycles. The smallest absolute Gasteiger partial charge is 0.240 e. The van der Waals surface area contributed by atoms with Crippen LogP contribution in [0.4, 0.5) is 0 Å². The van der Waals surface area contributed by atoms with E-state index in [1.54, 1.807) is 0 Å². The van der Waals surface area contributed by atoms with Crippen molar-refractivity contribution in [1.29, 1.82) is 0 Å². The van der Waals surface area contributed by atoms with E-state index in [4.69, 9.17) is 0 Å². The van der Waals surface area contributed by atoms with Gasteiger partial charge in [-0.25, -0.2) is 0 Å². The van der Waals surface area contributed by atoms with Crippen molar-refractivity contribution in [2.45, 2.75) is 58.5 Å². The molecular weight excluding hydrogens is 224 g/mol. The normalized spacial score (nSPS) is 27.1. The summed E-state index contributed by atoms with van der Waals surface area (Å²) in [7, 11) is 0. The van der Waals surface area contributed by atoms with Crippen LogP contribution in [0.2, 0.25) is 0 Å². The fraction of sp³-hybridized carbons (Fsp3) is 0.917. The Hall–Kier alpha value is -0.280. The average Bonchev–Trinajstić information content (AvgIpc) is 2.18. The minimum absolute atomic E-state index is 0. The van der Waals surface area contributed by atoms with Crippen molar-refractivity contribution in [2.24, 2.45) is 5.92 Å². The van der Waals surface area contributed by atoms with Gasteiger partial charge in [0.2, 0.25) is 5.91 Å². The molecule has 0 spiro atoms. The SMILES string of the molecule is CC(C)C(C)NC(=O)C1(C)CCCCN1.Cl. The summed E-state index contributed by atoms with van der Waals surface area (Å²) < 4.78 is 0. The van der Waals surface area contributed by atoms with Crippen molar-refractivity contribution in [2.75, 3.05) is 6.54 Å². The zero-order valence-corrected chi connectivity index (χ0v) is 11.6. The van der Waals surface area contributed by atoms with Gasteiger partial charge >= 0.3 is 0 Å². The first-order valence-corrected chi connectivity index (χ1v) is 6.02. The molecular formula is C12H25ClN2O. The van der Waals surface area contributed by atoms with Crippen molar-refractivity contribution in [3.63, 3.8) is 0 Å². The molecule has 1 fully saturated rings. The van der Waals surface area contributed by atoms with E-state index >= 15 is 0 Å². The second-order valence-electron chi connectivity index (χ2n) is 5.22. The zero-order chi connectivity index (χ0) is 11.5. The highest BCUT2D eigenvalue weighted by molar-refractivity contribution is 5.86. The highest BCUT2D eigenvalue weighted by atomic mass is 35.5. The number of carbonyl (C=O) groups excluding carboxylic acids is 1. The quantitative estimate of drug-likeness (QED) is 0.803. The molecule has 0 aliphatic carbocycles. The summed E-state index contributed by atoms with van der Waals surface area (Å²) in [6, 6.07) is 0.248. The first-order valence-electron chi connectivity index (χ1n) is 6.02. The molecule has 0 aromatic rings. The van der Waals surface area contributed by atoms with Gasteiger partial charge in [0.25, 0.3) is 0 Å². The van der Waals surface area contributed by atoms with Crippen LogP contribution in [0.1, 0.15) is 47.0 Å². The van der Waals surface area contributed by atoms with Crippen molar-refractivity contribution < 1.29 is 4.79 Å². The maximum Gasteiger partial charge on any atom is 0.240 e. The predicted molar refractivity (Wildman–Crippen MR) is 69.9 cm³/mol. The number of hydrogen-bond donors (Lipinski definition) is 2. The summed E-state index contributed by atoms with van der Waals surface area (Å²) in [6.45, 7) is 9.28. The highest BCUT2D eigenvalue weighted by Gasteiger charge is 2.34. The lowest BCUT2D eigenvalue weighted by atomic mass is 9.89. The summed E-state index contributed by atoms with van der Waals surface area (Å²) in [5.41, 5.74) is -0.346. The standard InChI is InChI=1S/C12H24N2O.ClH/c1-9(2)10(3)14-11(15)12(4)7-5-6-8-13-12;/h9-10,13H,5-8H2,1-4H3,(H,14,15);1H. The molecule has 0 radical (unpaired) electrons. The van der Waals surface area contributed by atoms with Gasteiger partial charge in [0.15, 0.2) is 0 Å². The van der Waals surface area contributed by atoms with Crippen LogP contribution in [0.3, 0.4) is 0 Å². The summed E-state index contributed by atoms with van der Waals surface area (Å²) in [5.74, 6) is 0.643. The molecule has 96 valence electrons. The van der Waals surface area contributed by atoms with Gasteiger partial charge in [-0.1, -0.05) is 13.8 Å². The third-order valence-electron chi connectivity index (χ3n) is 3.48. The summed E-state index contributed by atoms with van der Waals surface area (Å²) in [4.78, 5) is 12.1. The lowest BCUT2D eigenvalue weighted by molar-refractivity contribution is -0.128. The monoisotopic (exact) mass is 248 g/mol. The molecule has 1 rings (SSSR count). The van der Waals surface area contributed by atoms with Gasteiger partial charge in [-0.3, -0.25) is 4.79 Å².